The van der Waals surface area contributed by atoms with Crippen molar-refractivity contribution in [1.82, 2.24) is 4.90 Å². The Kier molecular flexibility index (Phi) is 4.50. The fourth-order valence-corrected chi connectivity index (χ4v) is 1.91. The van der Waals surface area contributed by atoms with E-state index in [1.165, 1.54) is 6.07 Å². The summed E-state index contributed by atoms with van der Waals surface area (Å²) in [4.78, 5) is 2.13. The van der Waals surface area contributed by atoms with Crippen LogP contribution in [-0.4, -0.2) is 18.0 Å². The molecular formula is C14H17FN2O. The number of hydrogen-bond donors (Lipinski definition) is 1. The van der Waals surface area contributed by atoms with Gasteiger partial charge in [0, 0.05) is 19.6 Å². The van der Waals surface area contributed by atoms with Crippen LogP contribution in [-0.2, 0) is 13.1 Å². The lowest BCUT2D eigenvalue weighted by Gasteiger charge is -2.20. The van der Waals surface area contributed by atoms with Gasteiger partial charge in [0.1, 0.15) is 11.6 Å². The molecule has 0 fully saturated rings. The monoisotopic (exact) mass is 248 g/mol. The molecule has 2 aromatic rings. The topological polar surface area (TPSA) is 42.4 Å². The van der Waals surface area contributed by atoms with Crippen LogP contribution >= 0.6 is 0 Å². The predicted octanol–water partition coefficient (Wildman–Crippen LogP) is 2.38. The van der Waals surface area contributed by atoms with Gasteiger partial charge in [-0.1, -0.05) is 12.1 Å². The predicted molar refractivity (Wildman–Crippen MR) is 68.3 cm³/mol. The molecule has 0 amide bonds. The smallest absolute Gasteiger partial charge is 0.123 e. The Labute approximate surface area is 106 Å². The van der Waals surface area contributed by atoms with Gasteiger partial charge in [-0.25, -0.2) is 4.39 Å². The van der Waals surface area contributed by atoms with Gasteiger partial charge in [0.05, 0.1) is 12.8 Å². The van der Waals surface area contributed by atoms with Gasteiger partial charge >= 0.3 is 0 Å². The highest BCUT2D eigenvalue weighted by atomic mass is 19.1. The Balaban J connectivity index is 2.01. The Bertz CT molecular complexity index is 470. The number of halogens is 1. The normalized spacial score (nSPS) is 11.1. The number of nitrogens with zero attached hydrogens (tertiary/aromatic N) is 1. The van der Waals surface area contributed by atoms with Crippen LogP contribution in [0, 0.1) is 5.82 Å². The first-order valence-electron chi connectivity index (χ1n) is 5.97. The van der Waals surface area contributed by atoms with Crippen LogP contribution in [0.2, 0.25) is 0 Å². The third kappa shape index (κ3) is 3.68. The van der Waals surface area contributed by atoms with E-state index in [-0.39, 0.29) is 5.82 Å². The molecule has 0 aliphatic rings. The highest BCUT2D eigenvalue weighted by Crippen LogP contribution is 2.11. The van der Waals surface area contributed by atoms with Crippen molar-refractivity contribution >= 4 is 0 Å². The first-order chi connectivity index (χ1) is 8.78. The van der Waals surface area contributed by atoms with Gasteiger partial charge < -0.3 is 10.2 Å². The van der Waals surface area contributed by atoms with Crippen LogP contribution in [0.15, 0.2) is 47.1 Å². The van der Waals surface area contributed by atoms with Crippen LogP contribution in [0.5, 0.6) is 0 Å². The van der Waals surface area contributed by atoms with E-state index in [0.717, 1.165) is 17.9 Å². The molecule has 0 spiro atoms. The zero-order valence-corrected chi connectivity index (χ0v) is 10.2. The Hall–Kier alpha value is -1.65. The van der Waals surface area contributed by atoms with E-state index in [4.69, 9.17) is 10.2 Å². The molecule has 0 aliphatic carbocycles. The van der Waals surface area contributed by atoms with Crippen LogP contribution in [0.3, 0.4) is 0 Å². The summed E-state index contributed by atoms with van der Waals surface area (Å²) in [6.07, 6.45) is 1.65. The Morgan fingerprint density at radius 2 is 2.06 bits per heavy atom. The van der Waals surface area contributed by atoms with E-state index < -0.39 is 0 Å². The van der Waals surface area contributed by atoms with Gasteiger partial charge in [-0.3, -0.25) is 4.90 Å². The molecule has 2 rings (SSSR count). The molecule has 18 heavy (non-hydrogen) atoms. The van der Waals surface area contributed by atoms with E-state index in [0.29, 0.717) is 19.6 Å². The molecular weight excluding hydrogens is 231 g/mol. The second-order valence-corrected chi connectivity index (χ2v) is 4.21. The molecule has 4 heteroatoms. The standard InChI is InChI=1S/C14H17FN2O/c15-13-4-1-3-12(9-13)10-17(7-6-16)11-14-5-2-8-18-14/h1-5,8-9H,6-7,10-11,16H2. The van der Waals surface area contributed by atoms with Crippen LogP contribution in [0.4, 0.5) is 4.39 Å². The summed E-state index contributed by atoms with van der Waals surface area (Å²) in [5, 5.41) is 0. The third-order valence-corrected chi connectivity index (χ3v) is 2.70. The molecule has 0 saturated carbocycles. The largest absolute Gasteiger partial charge is 0.468 e. The van der Waals surface area contributed by atoms with E-state index in [1.807, 2.05) is 18.2 Å². The maximum absolute atomic E-state index is 13.1. The highest BCUT2D eigenvalue weighted by Gasteiger charge is 2.08. The van der Waals surface area contributed by atoms with Crippen molar-refractivity contribution in [3.63, 3.8) is 0 Å². The minimum Gasteiger partial charge on any atom is -0.468 e. The summed E-state index contributed by atoms with van der Waals surface area (Å²) in [5.41, 5.74) is 6.54. The number of rotatable bonds is 6. The third-order valence-electron chi connectivity index (χ3n) is 2.70. The van der Waals surface area contributed by atoms with Crippen molar-refractivity contribution in [2.45, 2.75) is 13.1 Å². The summed E-state index contributed by atoms with van der Waals surface area (Å²) in [6.45, 7) is 2.66. The summed E-state index contributed by atoms with van der Waals surface area (Å²) in [5.74, 6) is 0.679. The lowest BCUT2D eigenvalue weighted by Crippen LogP contribution is -2.28. The molecule has 96 valence electrons. The average Bonchev–Trinajstić information content (AvgIpc) is 2.82. The minimum absolute atomic E-state index is 0.210. The molecule has 0 unspecified atom stereocenters. The van der Waals surface area contributed by atoms with Crippen molar-refractivity contribution in [3.8, 4) is 0 Å². The number of nitrogens with two attached hydrogens (primary N) is 1. The molecule has 2 N–H and O–H groups in total. The number of hydrogen-bond acceptors (Lipinski definition) is 3. The van der Waals surface area contributed by atoms with Gasteiger partial charge in [0.15, 0.2) is 0 Å². The maximum Gasteiger partial charge on any atom is 0.123 e. The number of furan rings is 1. The second-order valence-electron chi connectivity index (χ2n) is 4.21. The molecule has 1 aromatic heterocycles. The summed E-state index contributed by atoms with van der Waals surface area (Å²) in [6, 6.07) is 10.4. The summed E-state index contributed by atoms with van der Waals surface area (Å²) < 4.78 is 18.4. The zero-order chi connectivity index (χ0) is 12.8. The van der Waals surface area contributed by atoms with Crippen LogP contribution in [0.25, 0.3) is 0 Å². The quantitative estimate of drug-likeness (QED) is 0.853. The van der Waals surface area contributed by atoms with Gasteiger partial charge in [0.2, 0.25) is 0 Å². The van der Waals surface area contributed by atoms with E-state index in [9.17, 15) is 4.39 Å². The SMILES string of the molecule is NCCN(Cc1cccc(F)c1)Cc1ccco1. The van der Waals surface area contributed by atoms with Gasteiger partial charge in [-0.15, -0.1) is 0 Å². The van der Waals surface area contributed by atoms with Crippen LogP contribution in [0.1, 0.15) is 11.3 Å². The highest BCUT2D eigenvalue weighted by molar-refractivity contribution is 5.16. The molecule has 3 nitrogen and oxygen atoms in total. The van der Waals surface area contributed by atoms with Gasteiger partial charge in [-0.2, -0.15) is 0 Å². The lowest BCUT2D eigenvalue weighted by molar-refractivity contribution is 0.241. The number of benzene rings is 1. The second kappa shape index (κ2) is 6.33. The van der Waals surface area contributed by atoms with Gasteiger partial charge in [-0.05, 0) is 29.8 Å². The van der Waals surface area contributed by atoms with Crippen molar-refractivity contribution in [3.05, 3.63) is 59.8 Å². The average molecular weight is 248 g/mol. The van der Waals surface area contributed by atoms with E-state index in [1.54, 1.807) is 18.4 Å². The van der Waals surface area contributed by atoms with Gasteiger partial charge in [0.25, 0.3) is 0 Å². The maximum atomic E-state index is 13.1. The molecule has 0 radical (unpaired) electrons. The van der Waals surface area contributed by atoms with Crippen molar-refractivity contribution in [2.75, 3.05) is 13.1 Å². The molecule has 0 aliphatic heterocycles. The molecule has 1 heterocycles. The fraction of sp³-hybridized carbons (Fsp3) is 0.286. The summed E-state index contributed by atoms with van der Waals surface area (Å²) >= 11 is 0. The first kappa shape index (κ1) is 12.8. The lowest BCUT2D eigenvalue weighted by atomic mass is 10.2. The van der Waals surface area contributed by atoms with Crippen molar-refractivity contribution in [1.29, 1.82) is 0 Å². The zero-order valence-electron chi connectivity index (χ0n) is 10.2. The first-order valence-corrected chi connectivity index (χ1v) is 5.97. The fourth-order valence-electron chi connectivity index (χ4n) is 1.91. The van der Waals surface area contributed by atoms with E-state index >= 15 is 0 Å². The van der Waals surface area contributed by atoms with E-state index in [2.05, 4.69) is 4.90 Å². The summed E-state index contributed by atoms with van der Waals surface area (Å²) in [7, 11) is 0. The molecule has 0 atom stereocenters. The molecule has 1 aromatic carbocycles. The van der Waals surface area contributed by atoms with Crippen molar-refractivity contribution < 1.29 is 8.81 Å². The Morgan fingerprint density at radius 3 is 2.72 bits per heavy atom. The molecule has 0 bridgehead atoms. The molecule has 0 saturated heterocycles. The Morgan fingerprint density at radius 1 is 1.17 bits per heavy atom. The van der Waals surface area contributed by atoms with Crippen LogP contribution < -0.4 is 5.73 Å². The minimum atomic E-state index is -0.210. The van der Waals surface area contributed by atoms with Crippen molar-refractivity contribution in [2.24, 2.45) is 5.73 Å².